The first-order valence-electron chi connectivity index (χ1n) is 7.39. The molecule has 5 nitrogen and oxygen atoms in total. The molecule has 0 radical (unpaired) electrons. The van der Waals surface area contributed by atoms with Gasteiger partial charge in [0.2, 0.25) is 0 Å². The van der Waals surface area contributed by atoms with E-state index in [4.69, 9.17) is 4.74 Å². The molecular weight excluding hydrogens is 331 g/mol. The largest absolute Gasteiger partial charge is 0.442 e. The first-order chi connectivity index (χ1) is 11.4. The molecule has 0 spiro atoms. The number of carbonyl (C=O) groups excluding carboxylic acids is 1. The Morgan fingerprint density at radius 2 is 1.75 bits per heavy atom. The first-order valence-corrected chi connectivity index (χ1v) is 8.67. The molecule has 0 aliphatic carbocycles. The zero-order valence-corrected chi connectivity index (χ0v) is 14.1. The van der Waals surface area contributed by atoms with E-state index in [-0.39, 0.29) is 11.4 Å². The molecule has 1 unspecified atom stereocenters. The molecule has 0 fully saturated rings. The molecular formula is C17H17FN2O3S. The van der Waals surface area contributed by atoms with Gasteiger partial charge in [0.05, 0.1) is 22.8 Å². The van der Waals surface area contributed by atoms with Crippen LogP contribution in [0.3, 0.4) is 0 Å². The zero-order valence-electron chi connectivity index (χ0n) is 13.3. The van der Waals surface area contributed by atoms with E-state index < -0.39 is 28.5 Å². The third kappa shape index (κ3) is 3.26. The van der Waals surface area contributed by atoms with Crippen molar-refractivity contribution < 1.29 is 18.1 Å². The fourth-order valence-electron chi connectivity index (χ4n) is 2.50. The summed E-state index contributed by atoms with van der Waals surface area (Å²) < 4.78 is 34.1. The quantitative estimate of drug-likeness (QED) is 0.848. The lowest BCUT2D eigenvalue weighted by molar-refractivity contribution is 0.0666. The summed E-state index contributed by atoms with van der Waals surface area (Å²) in [6.45, 7) is 3.33. The molecule has 2 aromatic carbocycles. The number of nitrogens with zero attached hydrogens (tertiary/aromatic N) is 1. The number of fused-ring (bicyclic) bond motifs is 1. The normalized spacial score (nSPS) is 20.0. The van der Waals surface area contributed by atoms with Gasteiger partial charge in [-0.15, -0.1) is 0 Å². The van der Waals surface area contributed by atoms with Crippen LogP contribution in [0, 0.1) is 5.82 Å². The lowest BCUT2D eigenvalue weighted by atomic mass is 10.2. The number of halogens is 1. The van der Waals surface area contributed by atoms with Crippen molar-refractivity contribution >= 4 is 34.1 Å². The summed E-state index contributed by atoms with van der Waals surface area (Å²) in [4.78, 5) is 12.1. The third-order valence-electron chi connectivity index (χ3n) is 3.47. The number of hydrogen-bond donors (Lipinski definition) is 1. The first kappa shape index (κ1) is 16.4. The highest BCUT2D eigenvalue weighted by molar-refractivity contribution is 7.86. The number of para-hydroxylation sites is 3. The highest BCUT2D eigenvalue weighted by Crippen LogP contribution is 2.37. The molecule has 0 saturated heterocycles. The van der Waals surface area contributed by atoms with Crippen molar-refractivity contribution in [3.63, 3.8) is 0 Å². The number of benzene rings is 2. The number of cyclic esters (lactones) is 1. The van der Waals surface area contributed by atoms with Crippen molar-refractivity contribution in [3.05, 3.63) is 54.3 Å². The van der Waals surface area contributed by atoms with Gasteiger partial charge in [0.15, 0.2) is 0 Å². The van der Waals surface area contributed by atoms with E-state index in [2.05, 4.69) is 5.32 Å². The van der Waals surface area contributed by atoms with E-state index in [1.807, 2.05) is 0 Å². The molecule has 1 aliphatic heterocycles. The number of hydrogen-bond acceptors (Lipinski definition) is 3. The minimum Gasteiger partial charge on any atom is -0.442 e. The van der Waals surface area contributed by atoms with Gasteiger partial charge in [-0.1, -0.05) is 24.3 Å². The Hall–Kier alpha value is -2.41. The number of nitrogens with one attached hydrogen (secondary N) is 1. The van der Waals surface area contributed by atoms with Crippen LogP contribution in [-0.4, -0.2) is 21.7 Å². The molecule has 1 aliphatic rings. The van der Waals surface area contributed by atoms with Crippen LogP contribution in [0.25, 0.3) is 0 Å². The number of amides is 1. The third-order valence-corrected chi connectivity index (χ3v) is 5.22. The van der Waals surface area contributed by atoms with Gasteiger partial charge in [-0.2, -0.15) is 0 Å². The van der Waals surface area contributed by atoms with Gasteiger partial charge < -0.3 is 4.74 Å². The molecule has 1 atom stereocenters. The van der Waals surface area contributed by atoms with Crippen molar-refractivity contribution in [2.45, 2.75) is 19.4 Å². The summed E-state index contributed by atoms with van der Waals surface area (Å²) in [7, 11) is -1.65. The van der Waals surface area contributed by atoms with Crippen molar-refractivity contribution in [2.24, 2.45) is 0 Å². The molecule has 126 valence electrons. The molecule has 1 amide bonds. The minimum absolute atomic E-state index is 0.0308. The van der Waals surface area contributed by atoms with Gasteiger partial charge in [-0.05, 0) is 38.1 Å². The Balaban J connectivity index is 2.20. The molecule has 0 saturated carbocycles. The Bertz CT molecular complexity index is 810. The minimum atomic E-state index is -1.65. The van der Waals surface area contributed by atoms with E-state index in [0.717, 1.165) is 0 Å². The maximum absolute atomic E-state index is 14.4. The molecule has 0 bridgehead atoms. The van der Waals surface area contributed by atoms with Gasteiger partial charge in [0, 0.05) is 0 Å². The van der Waals surface area contributed by atoms with Crippen LogP contribution >= 0.6 is 0 Å². The van der Waals surface area contributed by atoms with Crippen LogP contribution in [0.1, 0.15) is 13.8 Å². The number of rotatable bonds is 1. The summed E-state index contributed by atoms with van der Waals surface area (Å²) in [5.41, 5.74) is 0.0446. The Morgan fingerprint density at radius 3 is 2.46 bits per heavy atom. The zero-order chi connectivity index (χ0) is 17.3. The smallest absolute Gasteiger partial charge is 0.412 e. The van der Waals surface area contributed by atoms with Crippen LogP contribution in [0.15, 0.2) is 48.5 Å². The van der Waals surface area contributed by atoms with Gasteiger partial charge in [0.1, 0.15) is 22.4 Å². The average Bonchev–Trinajstić information content (AvgIpc) is 2.52. The van der Waals surface area contributed by atoms with Crippen molar-refractivity contribution in [2.75, 3.05) is 15.4 Å². The lowest BCUT2D eigenvalue weighted by Gasteiger charge is -2.28. The fourth-order valence-corrected chi connectivity index (χ4v) is 4.03. The van der Waals surface area contributed by atoms with Gasteiger partial charge in [-0.3, -0.25) is 9.62 Å². The number of carbonyl (C=O) groups is 1. The molecule has 3 rings (SSSR count). The molecule has 0 aromatic heterocycles. The summed E-state index contributed by atoms with van der Waals surface area (Å²) >= 11 is 0. The summed E-state index contributed by atoms with van der Waals surface area (Å²) in [5, 5.41) is 2.64. The Kier molecular flexibility index (Phi) is 4.28. The maximum atomic E-state index is 14.4. The van der Waals surface area contributed by atoms with Gasteiger partial charge >= 0.3 is 6.09 Å². The number of anilines is 3. The van der Waals surface area contributed by atoms with Crippen LogP contribution in [0.2, 0.25) is 0 Å². The fraction of sp³-hybridized carbons (Fsp3) is 0.235. The number of ether oxygens (including phenoxy) is 1. The molecule has 24 heavy (non-hydrogen) atoms. The monoisotopic (exact) mass is 348 g/mol. The highest BCUT2D eigenvalue weighted by Gasteiger charge is 2.33. The van der Waals surface area contributed by atoms with E-state index in [0.29, 0.717) is 11.4 Å². The van der Waals surface area contributed by atoms with Crippen LogP contribution < -0.4 is 9.62 Å². The standard InChI is InChI=1S/C17H17FN2O3S/c1-17(2)11-24(22)20(14-9-5-3-7-12(14)18)15-10-6-4-8-13(15)19-16(21)23-17/h3-10H,11H2,1-2H3,(H,19,21). The van der Waals surface area contributed by atoms with Crippen molar-refractivity contribution in [1.29, 1.82) is 0 Å². The molecule has 1 heterocycles. The second-order valence-corrected chi connectivity index (χ2v) is 7.30. The second-order valence-electron chi connectivity index (χ2n) is 6.00. The predicted octanol–water partition coefficient (Wildman–Crippen LogP) is 3.97. The highest BCUT2D eigenvalue weighted by atomic mass is 32.2. The van der Waals surface area contributed by atoms with Crippen LogP contribution in [-0.2, 0) is 15.7 Å². The van der Waals surface area contributed by atoms with Gasteiger partial charge in [0.25, 0.3) is 0 Å². The summed E-state index contributed by atoms with van der Waals surface area (Å²) in [5.74, 6) is -0.465. The predicted molar refractivity (Wildman–Crippen MR) is 92.2 cm³/mol. The lowest BCUT2D eigenvalue weighted by Crippen LogP contribution is -2.38. The second kappa shape index (κ2) is 6.24. The summed E-state index contributed by atoms with van der Waals surface area (Å²) in [6, 6.07) is 12.9. The van der Waals surface area contributed by atoms with Crippen LogP contribution in [0.4, 0.5) is 26.2 Å². The molecule has 1 N–H and O–H groups in total. The topological polar surface area (TPSA) is 58.6 Å². The van der Waals surface area contributed by atoms with E-state index in [9.17, 15) is 13.4 Å². The molecule has 2 aromatic rings. The van der Waals surface area contributed by atoms with E-state index in [1.165, 1.54) is 10.4 Å². The van der Waals surface area contributed by atoms with Gasteiger partial charge in [-0.25, -0.2) is 13.4 Å². The Labute approximate surface area is 142 Å². The SMILES string of the molecule is CC1(C)CS(=O)N(c2ccccc2F)c2ccccc2NC(=O)O1. The van der Waals surface area contributed by atoms with Crippen LogP contribution in [0.5, 0.6) is 0 Å². The van der Waals surface area contributed by atoms with Crippen molar-refractivity contribution in [1.82, 2.24) is 0 Å². The Morgan fingerprint density at radius 1 is 1.12 bits per heavy atom. The van der Waals surface area contributed by atoms with E-state index in [1.54, 1.807) is 56.3 Å². The van der Waals surface area contributed by atoms with E-state index >= 15 is 0 Å². The summed E-state index contributed by atoms with van der Waals surface area (Å²) in [6.07, 6.45) is -0.639. The average molecular weight is 348 g/mol. The molecule has 7 heteroatoms. The maximum Gasteiger partial charge on any atom is 0.412 e. The van der Waals surface area contributed by atoms with Crippen molar-refractivity contribution in [3.8, 4) is 0 Å².